The van der Waals surface area contributed by atoms with Crippen LogP contribution in [0.25, 0.3) is 0 Å². The number of carbonyl (C=O) groups is 1. The van der Waals surface area contributed by atoms with Gasteiger partial charge in [-0.2, -0.15) is 0 Å². The van der Waals surface area contributed by atoms with E-state index in [1.54, 1.807) is 0 Å². The van der Waals surface area contributed by atoms with E-state index in [1.807, 2.05) is 0 Å². The van der Waals surface area contributed by atoms with Crippen LogP contribution in [-0.2, 0) is 98.7 Å². The molecule has 2 unspecified atom stereocenters. The van der Waals surface area contributed by atoms with E-state index in [-0.39, 0.29) is 49.2 Å². The van der Waals surface area contributed by atoms with Crippen molar-refractivity contribution in [2.75, 3.05) is 246 Å². The molecule has 81 heavy (non-hydrogen) atoms. The summed E-state index contributed by atoms with van der Waals surface area (Å²) < 4.78 is 142. The first-order valence-electron chi connectivity index (χ1n) is 26.4. The maximum absolute atomic E-state index is 9.45. The Balaban J connectivity index is -0.000000192. The summed E-state index contributed by atoms with van der Waals surface area (Å²) in [6.07, 6.45) is 0. The number of quaternary nitrogens is 5. The molecule has 2 atom stereocenters. The van der Waals surface area contributed by atoms with Crippen LogP contribution in [0.3, 0.4) is 0 Å². The third kappa shape index (κ3) is 65.6. The second kappa shape index (κ2) is 56.3. The van der Waals surface area contributed by atoms with E-state index in [1.165, 1.54) is 134 Å². The summed E-state index contributed by atoms with van der Waals surface area (Å²) >= 11 is -5.76. The number of carbonyl (C=O) groups excluding carboxylic acids is 1. The molecule has 31 nitrogen and oxygen atoms in total. The van der Waals surface area contributed by atoms with Gasteiger partial charge < -0.3 is 103 Å². The second-order valence-corrected chi connectivity index (χ2v) is 22.5. The molecule has 36 heteroatoms. The molecule has 0 N–H and O–H groups in total. The largest absolute Gasteiger partial charge is 1.00 e. The predicted octanol–water partition coefficient (Wildman–Crippen LogP) is -7.09. The van der Waals surface area contributed by atoms with E-state index in [9.17, 15) is 25.9 Å². The third-order valence-corrected chi connectivity index (χ3v) is 14.8. The Kier molecular flexibility index (Phi) is 63.9. The Morgan fingerprint density at radius 3 is 0.667 bits per heavy atom. The zero-order valence-corrected chi connectivity index (χ0v) is 56.3. The first-order valence-corrected chi connectivity index (χ1v) is 31.0. The molecule has 6 saturated heterocycles. The number of ether oxygens (including phenoxy) is 6. The molecule has 6 fully saturated rings. The van der Waals surface area contributed by atoms with Crippen molar-refractivity contribution >= 4 is 50.0 Å². The van der Waals surface area contributed by atoms with Crippen LogP contribution in [0.15, 0.2) is 0 Å². The van der Waals surface area contributed by atoms with Gasteiger partial charge in [-0.1, -0.05) is 0 Å². The maximum atomic E-state index is 9.45. The molecule has 6 rings (SSSR count). The molecule has 0 aromatic heterocycles. The SMILES string of the molecule is CCOS(=O)(=O)[O-].CCOS(=O)(=O)[O-].CC[N+]1(C)CCOCC1.CC[N+]1(C)CCOCC1.CC[N+]1(C)CCOCC1.CC[N+]1(C)CCOCC1.CC[N+]1(C)CCOCC1.CN1CCOCC1.O=CO[O-].O=S([O-])O[O-].O=S([O-])O[O-].[Na+]. The summed E-state index contributed by atoms with van der Waals surface area (Å²) in [5.74, 6) is 0. The molecule has 488 valence electrons. The molecule has 6 heterocycles. The van der Waals surface area contributed by atoms with Crippen molar-refractivity contribution in [3.05, 3.63) is 0 Å². The maximum Gasteiger partial charge on any atom is 1.00 e. The average molecular weight is 1280 g/mol. The van der Waals surface area contributed by atoms with Crippen LogP contribution in [0.2, 0.25) is 0 Å². The predicted molar refractivity (Wildman–Crippen MR) is 285 cm³/mol. The minimum atomic E-state index is -4.42. The molecule has 0 radical (unpaired) electrons. The Bertz CT molecular complexity index is 1490. The van der Waals surface area contributed by atoms with Crippen LogP contribution in [0.5, 0.6) is 0 Å². The van der Waals surface area contributed by atoms with Crippen molar-refractivity contribution in [3.63, 3.8) is 0 Å². The Morgan fingerprint density at radius 2 is 0.605 bits per heavy atom. The third-order valence-electron chi connectivity index (χ3n) is 13.5. The topological polar surface area (TPSA) is 386 Å². The summed E-state index contributed by atoms with van der Waals surface area (Å²) in [6, 6.07) is 0. The van der Waals surface area contributed by atoms with Crippen LogP contribution < -0.4 is 45.3 Å². The van der Waals surface area contributed by atoms with Crippen molar-refractivity contribution in [3.8, 4) is 0 Å². The van der Waals surface area contributed by atoms with Gasteiger partial charge in [-0.3, -0.25) is 13.2 Å². The van der Waals surface area contributed by atoms with Crippen molar-refractivity contribution < 1.29 is 166 Å². The first-order chi connectivity index (χ1) is 37.3. The van der Waals surface area contributed by atoms with Gasteiger partial charge in [0.25, 0.3) is 6.47 Å². The second-order valence-electron chi connectivity index (χ2n) is 19.3. The van der Waals surface area contributed by atoms with Gasteiger partial charge in [-0.05, 0) is 55.5 Å². The summed E-state index contributed by atoms with van der Waals surface area (Å²) in [6.45, 7) is 45.3. The molecule has 0 spiro atoms. The Hall–Kier alpha value is -0.250. The number of likely N-dealkylation sites (N-methyl/N-ethyl adjacent to an activating group) is 6. The molecule has 0 amide bonds. The van der Waals surface area contributed by atoms with Crippen molar-refractivity contribution in [2.24, 2.45) is 0 Å². The van der Waals surface area contributed by atoms with Gasteiger partial charge in [-0.25, -0.2) is 25.3 Å². The molecular weight excluding hydrogens is 1180 g/mol. The minimum Gasteiger partial charge on any atom is -0.750 e. The van der Waals surface area contributed by atoms with Crippen LogP contribution >= 0.6 is 0 Å². The van der Waals surface area contributed by atoms with Gasteiger partial charge in [0.2, 0.25) is 20.8 Å². The average Bonchev–Trinajstić information content (AvgIpc) is 3.43. The van der Waals surface area contributed by atoms with Gasteiger partial charge in [0.15, 0.2) is 0 Å². The van der Waals surface area contributed by atoms with Gasteiger partial charge in [-0.15, -0.1) is 0 Å². The molecule has 6 aliphatic heterocycles. The van der Waals surface area contributed by atoms with Gasteiger partial charge >= 0.3 is 29.6 Å². The molecule has 0 aromatic rings. The fraction of sp³-hybridized carbons (Fsp3) is 0.978. The molecular formula is C45H102N6NaO25S4-. The van der Waals surface area contributed by atoms with Crippen molar-refractivity contribution in [1.29, 1.82) is 0 Å². The summed E-state index contributed by atoms with van der Waals surface area (Å²) in [4.78, 5) is 13.5. The van der Waals surface area contributed by atoms with Gasteiger partial charge in [0.1, 0.15) is 65.4 Å². The van der Waals surface area contributed by atoms with Crippen LogP contribution in [0.4, 0.5) is 0 Å². The van der Waals surface area contributed by atoms with E-state index in [0.717, 1.165) is 92.4 Å². The van der Waals surface area contributed by atoms with Crippen molar-refractivity contribution in [1.82, 2.24) is 4.90 Å². The quantitative estimate of drug-likeness (QED) is 0.0256. The zero-order valence-electron chi connectivity index (χ0n) is 51.0. The molecule has 0 saturated carbocycles. The first kappa shape index (κ1) is 91.9. The summed E-state index contributed by atoms with van der Waals surface area (Å²) in [7, 11) is 4.74. The van der Waals surface area contributed by atoms with E-state index in [4.69, 9.17) is 66.5 Å². The fourth-order valence-corrected chi connectivity index (χ4v) is 7.02. The Labute approximate surface area is 512 Å². The Morgan fingerprint density at radius 1 is 0.444 bits per heavy atom. The number of hydrogen-bond donors (Lipinski definition) is 0. The van der Waals surface area contributed by atoms with Gasteiger partial charge in [0, 0.05) is 13.1 Å². The molecule has 0 aliphatic carbocycles. The standard InChI is InChI=1S/5C7H16NO.C5H11NO.2C2H6O4S.CH2O3.Na.2H2O4S/c5*1-3-8(2)4-6-9-7-5-8;1-6-2-4-7-5-3-6;2*1-2-6-7(3,4)5;2-1-4-3;;2*1-4-5(2)3/h5*3-7H2,1-2H3;2-5H2,1H3;2*2H2,1H3,(H,3,4,5);1,3H;;2*1H,(H,2,3)/q5*+1;;;;;+1;;/p-7. The number of rotatable bonds is 12. The van der Waals surface area contributed by atoms with Crippen LogP contribution in [0.1, 0.15) is 48.5 Å². The molecule has 0 bridgehead atoms. The number of hydrogen-bond acceptors (Lipinski definition) is 26. The normalized spacial score (nSPS) is 20.7. The molecule has 6 aliphatic rings. The summed E-state index contributed by atoms with van der Waals surface area (Å²) in [5.41, 5.74) is 0. The number of morpholine rings is 6. The fourth-order valence-electron chi connectivity index (χ4n) is 6.44. The van der Waals surface area contributed by atoms with E-state index < -0.39 is 43.5 Å². The molecule has 0 aromatic carbocycles. The van der Waals surface area contributed by atoms with Crippen LogP contribution in [0, 0.1) is 0 Å². The summed E-state index contributed by atoms with van der Waals surface area (Å²) in [5, 5.41) is 25.5. The van der Waals surface area contributed by atoms with E-state index in [0.29, 0.717) is 0 Å². The van der Waals surface area contributed by atoms with E-state index in [2.05, 4.69) is 104 Å². The minimum absolute atomic E-state index is 0. The van der Waals surface area contributed by atoms with Crippen LogP contribution in [-0.4, -0.2) is 323 Å². The monoisotopic (exact) mass is 1280 g/mol. The zero-order chi connectivity index (χ0) is 62.6. The smallest absolute Gasteiger partial charge is 0.750 e. The van der Waals surface area contributed by atoms with Crippen molar-refractivity contribution in [2.45, 2.75) is 48.5 Å². The van der Waals surface area contributed by atoms with Gasteiger partial charge in [0.05, 0.1) is 183 Å². The number of nitrogens with zero attached hydrogens (tertiary/aromatic N) is 6. The van der Waals surface area contributed by atoms with E-state index >= 15 is 0 Å².